The highest BCUT2D eigenvalue weighted by molar-refractivity contribution is 6.04. The van der Waals surface area contributed by atoms with E-state index < -0.39 is 0 Å². The summed E-state index contributed by atoms with van der Waals surface area (Å²) in [5.74, 6) is 1.93. The molecule has 5 heteroatoms. The van der Waals surface area contributed by atoms with Crippen molar-refractivity contribution in [2.75, 3.05) is 7.11 Å². The first-order chi connectivity index (χ1) is 14.1. The van der Waals surface area contributed by atoms with E-state index >= 15 is 0 Å². The first-order valence-corrected chi connectivity index (χ1v) is 9.69. The molecule has 29 heavy (non-hydrogen) atoms. The molecule has 0 unspecified atom stereocenters. The fraction of sp³-hybridized carbons (Fsp3) is 0.208. The standard InChI is InChI=1S/C24H22N2O3/c1-15-7-12-22(27)19(13-15)20-14-21-18-5-3-4-6-23(18)29-24(26(21)25-20)16-8-10-17(28-2)11-9-16/h3-13,21,24,27H,14H2,1-2H3/t21-,24-/m0/s1. The number of phenols is 1. The van der Waals surface area contributed by atoms with Crippen molar-refractivity contribution in [2.24, 2.45) is 5.10 Å². The molecular formula is C24H22N2O3. The third kappa shape index (κ3) is 2.99. The summed E-state index contributed by atoms with van der Waals surface area (Å²) in [5.41, 5.74) is 4.86. The molecule has 2 atom stereocenters. The second kappa shape index (κ2) is 6.85. The van der Waals surface area contributed by atoms with Gasteiger partial charge in [0.1, 0.15) is 17.2 Å². The molecule has 1 N–H and O–H groups in total. The first kappa shape index (κ1) is 17.6. The van der Waals surface area contributed by atoms with Crippen molar-refractivity contribution in [1.29, 1.82) is 0 Å². The molecular weight excluding hydrogens is 364 g/mol. The zero-order valence-electron chi connectivity index (χ0n) is 16.4. The van der Waals surface area contributed by atoms with Crippen LogP contribution in [0.25, 0.3) is 0 Å². The summed E-state index contributed by atoms with van der Waals surface area (Å²) in [6, 6.07) is 21.7. The Morgan fingerprint density at radius 3 is 2.66 bits per heavy atom. The molecule has 0 bridgehead atoms. The van der Waals surface area contributed by atoms with E-state index in [-0.39, 0.29) is 18.0 Å². The molecule has 146 valence electrons. The highest BCUT2D eigenvalue weighted by atomic mass is 16.5. The van der Waals surface area contributed by atoms with Gasteiger partial charge in [-0.3, -0.25) is 0 Å². The quantitative estimate of drug-likeness (QED) is 0.692. The molecule has 2 aliphatic rings. The van der Waals surface area contributed by atoms with Gasteiger partial charge < -0.3 is 14.6 Å². The lowest BCUT2D eigenvalue weighted by Crippen LogP contribution is -2.33. The van der Waals surface area contributed by atoms with Crippen molar-refractivity contribution in [3.05, 3.63) is 89.0 Å². The number of methoxy groups -OCH3 is 1. The lowest BCUT2D eigenvalue weighted by atomic mass is 9.95. The van der Waals surface area contributed by atoms with Crippen molar-refractivity contribution in [2.45, 2.75) is 25.6 Å². The van der Waals surface area contributed by atoms with Crippen LogP contribution in [0.2, 0.25) is 0 Å². The van der Waals surface area contributed by atoms with E-state index in [1.807, 2.05) is 66.5 Å². The minimum absolute atomic E-state index is 0.0574. The largest absolute Gasteiger partial charge is 0.507 e. The van der Waals surface area contributed by atoms with Gasteiger partial charge in [0.25, 0.3) is 0 Å². The molecule has 0 amide bonds. The van der Waals surface area contributed by atoms with Crippen LogP contribution in [0.5, 0.6) is 17.2 Å². The summed E-state index contributed by atoms with van der Waals surface area (Å²) in [6.45, 7) is 2.02. The van der Waals surface area contributed by atoms with Crippen LogP contribution in [-0.2, 0) is 0 Å². The van der Waals surface area contributed by atoms with Gasteiger partial charge in [-0.1, -0.05) is 29.8 Å². The number of ether oxygens (including phenoxy) is 2. The summed E-state index contributed by atoms with van der Waals surface area (Å²) in [6.07, 6.45) is 0.370. The molecule has 2 aliphatic heterocycles. The minimum Gasteiger partial charge on any atom is -0.507 e. The highest BCUT2D eigenvalue weighted by Crippen LogP contribution is 2.48. The Kier molecular flexibility index (Phi) is 4.16. The fourth-order valence-corrected chi connectivity index (χ4v) is 4.07. The van der Waals surface area contributed by atoms with E-state index in [9.17, 15) is 5.11 Å². The van der Waals surface area contributed by atoms with Crippen molar-refractivity contribution < 1.29 is 14.6 Å². The van der Waals surface area contributed by atoms with Crippen molar-refractivity contribution in [1.82, 2.24) is 5.01 Å². The van der Waals surface area contributed by atoms with Crippen molar-refractivity contribution >= 4 is 5.71 Å². The molecule has 2 heterocycles. The molecule has 0 saturated heterocycles. The third-order valence-electron chi connectivity index (χ3n) is 5.56. The van der Waals surface area contributed by atoms with Gasteiger partial charge in [0.2, 0.25) is 6.23 Å². The number of rotatable bonds is 3. The summed E-state index contributed by atoms with van der Waals surface area (Å²) < 4.78 is 11.6. The maximum atomic E-state index is 10.4. The van der Waals surface area contributed by atoms with E-state index in [0.29, 0.717) is 6.42 Å². The van der Waals surface area contributed by atoms with Crippen molar-refractivity contribution in [3.8, 4) is 17.2 Å². The fourth-order valence-electron chi connectivity index (χ4n) is 4.07. The molecule has 5 nitrogen and oxygen atoms in total. The molecule has 0 aromatic heterocycles. The summed E-state index contributed by atoms with van der Waals surface area (Å²) in [5, 5.41) is 17.4. The molecule has 0 radical (unpaired) electrons. The van der Waals surface area contributed by atoms with Crippen LogP contribution < -0.4 is 9.47 Å². The molecule has 3 aromatic carbocycles. The van der Waals surface area contributed by atoms with Crippen LogP contribution in [0.4, 0.5) is 0 Å². The van der Waals surface area contributed by atoms with Crippen LogP contribution in [-0.4, -0.2) is 22.9 Å². The number of phenolic OH excluding ortho intramolecular Hbond substituents is 1. The number of fused-ring (bicyclic) bond motifs is 3. The Bertz CT molecular complexity index is 1090. The number of benzene rings is 3. The maximum Gasteiger partial charge on any atom is 0.213 e. The number of aryl methyl sites for hydroxylation is 1. The number of aromatic hydroxyl groups is 1. The van der Waals surface area contributed by atoms with E-state index in [1.165, 1.54) is 0 Å². The number of hydrogen-bond donors (Lipinski definition) is 1. The second-order valence-electron chi connectivity index (χ2n) is 7.45. The predicted molar refractivity (Wildman–Crippen MR) is 111 cm³/mol. The molecule has 0 aliphatic carbocycles. The molecule has 5 rings (SSSR count). The minimum atomic E-state index is -0.342. The molecule has 0 fully saturated rings. The summed E-state index contributed by atoms with van der Waals surface area (Å²) >= 11 is 0. The number of nitrogens with zero attached hydrogens (tertiary/aromatic N) is 2. The SMILES string of the molecule is COc1ccc([C@@H]2Oc3ccccc3[C@@H]3CC(c4cc(C)ccc4O)=NN32)cc1. The van der Waals surface area contributed by atoms with Crippen LogP contribution in [0.1, 0.15) is 40.9 Å². The normalized spacial score (nSPS) is 19.8. The lowest BCUT2D eigenvalue weighted by Gasteiger charge is -2.38. The number of hydrazone groups is 1. The van der Waals surface area contributed by atoms with Crippen LogP contribution in [0.3, 0.4) is 0 Å². The van der Waals surface area contributed by atoms with Crippen LogP contribution in [0.15, 0.2) is 71.8 Å². The van der Waals surface area contributed by atoms with Gasteiger partial charge in [0.05, 0.1) is 18.9 Å². The summed E-state index contributed by atoms with van der Waals surface area (Å²) in [4.78, 5) is 0. The molecule has 0 spiro atoms. The Morgan fingerprint density at radius 2 is 1.86 bits per heavy atom. The Balaban J connectivity index is 1.59. The van der Waals surface area contributed by atoms with Gasteiger partial charge in [0.15, 0.2) is 0 Å². The number of hydrogen-bond acceptors (Lipinski definition) is 5. The second-order valence-corrected chi connectivity index (χ2v) is 7.45. The Hall–Kier alpha value is -3.47. The van der Waals surface area contributed by atoms with Gasteiger partial charge >= 0.3 is 0 Å². The number of para-hydroxylation sites is 1. The van der Waals surface area contributed by atoms with Crippen molar-refractivity contribution in [3.63, 3.8) is 0 Å². The lowest BCUT2D eigenvalue weighted by molar-refractivity contribution is -0.0190. The van der Waals surface area contributed by atoms with Crippen LogP contribution >= 0.6 is 0 Å². The highest BCUT2D eigenvalue weighted by Gasteiger charge is 2.41. The smallest absolute Gasteiger partial charge is 0.213 e. The maximum absolute atomic E-state index is 10.4. The third-order valence-corrected chi connectivity index (χ3v) is 5.56. The van der Waals surface area contributed by atoms with Gasteiger partial charge in [-0.15, -0.1) is 0 Å². The van der Waals surface area contributed by atoms with Gasteiger partial charge in [0, 0.05) is 23.1 Å². The van der Waals surface area contributed by atoms with Gasteiger partial charge in [-0.25, -0.2) is 5.01 Å². The van der Waals surface area contributed by atoms with Gasteiger partial charge in [-0.05, 0) is 49.4 Å². The average Bonchev–Trinajstić information content (AvgIpc) is 3.20. The topological polar surface area (TPSA) is 54.3 Å². The average molecular weight is 386 g/mol. The summed E-state index contributed by atoms with van der Waals surface area (Å²) in [7, 11) is 1.66. The Labute approximate surface area is 169 Å². The van der Waals surface area contributed by atoms with E-state index in [1.54, 1.807) is 13.2 Å². The Morgan fingerprint density at radius 1 is 1.07 bits per heavy atom. The monoisotopic (exact) mass is 386 g/mol. The van der Waals surface area contributed by atoms with Crippen LogP contribution in [0, 0.1) is 6.92 Å². The zero-order chi connectivity index (χ0) is 20.0. The zero-order valence-corrected chi connectivity index (χ0v) is 16.4. The van der Waals surface area contributed by atoms with E-state index in [0.717, 1.165) is 39.5 Å². The van der Waals surface area contributed by atoms with E-state index in [2.05, 4.69) is 6.07 Å². The van der Waals surface area contributed by atoms with Gasteiger partial charge in [-0.2, -0.15) is 5.10 Å². The molecule has 3 aromatic rings. The predicted octanol–water partition coefficient (Wildman–Crippen LogP) is 4.95. The molecule has 0 saturated carbocycles. The van der Waals surface area contributed by atoms with E-state index in [4.69, 9.17) is 14.6 Å². The first-order valence-electron chi connectivity index (χ1n) is 9.69.